The van der Waals surface area contributed by atoms with E-state index >= 15 is 0 Å². The van der Waals surface area contributed by atoms with Crippen molar-refractivity contribution in [3.8, 4) is 0 Å². The number of nitrogens with zero attached hydrogens (tertiary/aromatic N) is 2. The zero-order valence-corrected chi connectivity index (χ0v) is 14.9. The minimum absolute atomic E-state index is 0.339. The number of anilines is 1. The molecule has 1 amide bonds. The van der Waals surface area contributed by atoms with Gasteiger partial charge in [-0.1, -0.05) is 6.07 Å². The van der Waals surface area contributed by atoms with Crippen molar-refractivity contribution >= 4 is 24.5 Å². The lowest BCUT2D eigenvalue weighted by Crippen LogP contribution is -2.50. The standard InChI is InChI=1S/C16H25BN2O4/c1-14(2,3)19(13(20)21)12-11(9-8-10-18-12)17-22-15(4,5)16(6,7)23-17/h8-10H,1-7H3,(H,20,21). The summed E-state index contributed by atoms with van der Waals surface area (Å²) in [5.41, 5.74) is -1.02. The van der Waals surface area contributed by atoms with Crippen molar-refractivity contribution < 1.29 is 19.2 Å². The Balaban J connectivity index is 2.49. The molecule has 1 N–H and O–H groups in total. The highest BCUT2D eigenvalue weighted by molar-refractivity contribution is 6.64. The first-order valence-corrected chi connectivity index (χ1v) is 7.70. The number of rotatable bonds is 2. The van der Waals surface area contributed by atoms with Crippen LogP contribution in [0, 0.1) is 0 Å². The summed E-state index contributed by atoms with van der Waals surface area (Å²) in [6, 6.07) is 3.55. The maximum atomic E-state index is 11.8. The molecule has 6 nitrogen and oxygen atoms in total. The SMILES string of the molecule is CC(C)(C)N(C(=O)O)c1ncccc1B1OC(C)(C)C(C)(C)O1. The Morgan fingerprint density at radius 3 is 2.17 bits per heavy atom. The van der Waals surface area contributed by atoms with Gasteiger partial charge in [-0.2, -0.15) is 0 Å². The van der Waals surface area contributed by atoms with E-state index in [1.807, 2.05) is 48.5 Å². The van der Waals surface area contributed by atoms with Crippen LogP contribution in [0.15, 0.2) is 18.3 Å². The lowest BCUT2D eigenvalue weighted by molar-refractivity contribution is 0.00578. The van der Waals surface area contributed by atoms with Crippen molar-refractivity contribution in [1.82, 2.24) is 4.98 Å². The number of amides is 1. The molecule has 7 heteroatoms. The van der Waals surface area contributed by atoms with E-state index < -0.39 is 30.0 Å². The average molecular weight is 320 g/mol. The molecule has 1 aromatic heterocycles. The summed E-state index contributed by atoms with van der Waals surface area (Å²) in [7, 11) is -0.659. The van der Waals surface area contributed by atoms with E-state index in [4.69, 9.17) is 9.31 Å². The molecule has 0 aliphatic carbocycles. The maximum Gasteiger partial charge on any atom is 0.498 e. The first-order valence-electron chi connectivity index (χ1n) is 7.70. The Kier molecular flexibility index (Phi) is 4.24. The van der Waals surface area contributed by atoms with Crippen molar-refractivity contribution in [1.29, 1.82) is 0 Å². The van der Waals surface area contributed by atoms with Gasteiger partial charge in [-0.3, -0.25) is 4.90 Å². The fraction of sp³-hybridized carbons (Fsp3) is 0.625. The van der Waals surface area contributed by atoms with Crippen LogP contribution >= 0.6 is 0 Å². The maximum absolute atomic E-state index is 11.8. The molecule has 1 aliphatic rings. The van der Waals surface area contributed by atoms with Gasteiger partial charge in [-0.05, 0) is 54.5 Å². The predicted molar refractivity (Wildman–Crippen MR) is 90.2 cm³/mol. The van der Waals surface area contributed by atoms with Crippen LogP contribution in [0.4, 0.5) is 10.6 Å². The second kappa shape index (κ2) is 5.49. The van der Waals surface area contributed by atoms with Crippen LogP contribution < -0.4 is 10.4 Å². The number of carbonyl (C=O) groups is 1. The van der Waals surface area contributed by atoms with Gasteiger partial charge in [0.05, 0.1) is 11.2 Å². The van der Waals surface area contributed by atoms with Gasteiger partial charge in [0, 0.05) is 17.2 Å². The fourth-order valence-electron chi connectivity index (χ4n) is 2.45. The molecule has 1 fully saturated rings. The number of aromatic nitrogens is 1. The molecular weight excluding hydrogens is 295 g/mol. The van der Waals surface area contributed by atoms with Gasteiger partial charge < -0.3 is 14.4 Å². The molecule has 2 rings (SSSR count). The van der Waals surface area contributed by atoms with E-state index in [2.05, 4.69) is 4.98 Å². The number of hydrogen-bond donors (Lipinski definition) is 1. The molecule has 0 unspecified atom stereocenters. The highest BCUT2D eigenvalue weighted by Gasteiger charge is 2.53. The molecule has 0 spiro atoms. The topological polar surface area (TPSA) is 71.9 Å². The second-order valence-corrected chi connectivity index (χ2v) is 7.79. The molecular formula is C16H25BN2O4. The van der Waals surface area contributed by atoms with Gasteiger partial charge in [-0.25, -0.2) is 9.78 Å². The molecule has 0 saturated carbocycles. The molecule has 1 aliphatic heterocycles. The Morgan fingerprint density at radius 1 is 1.22 bits per heavy atom. The Morgan fingerprint density at radius 2 is 1.74 bits per heavy atom. The van der Waals surface area contributed by atoms with Gasteiger partial charge in [-0.15, -0.1) is 0 Å². The van der Waals surface area contributed by atoms with Crippen molar-refractivity contribution in [3.05, 3.63) is 18.3 Å². The molecule has 2 heterocycles. The summed E-state index contributed by atoms with van der Waals surface area (Å²) >= 11 is 0. The largest absolute Gasteiger partial charge is 0.498 e. The minimum atomic E-state index is -1.06. The van der Waals surface area contributed by atoms with E-state index in [1.54, 1.807) is 18.3 Å². The number of pyridine rings is 1. The Hall–Kier alpha value is -1.60. The van der Waals surface area contributed by atoms with E-state index in [-0.39, 0.29) is 0 Å². The third-order valence-electron chi connectivity index (χ3n) is 4.40. The van der Waals surface area contributed by atoms with Gasteiger partial charge in [0.1, 0.15) is 5.82 Å². The van der Waals surface area contributed by atoms with Crippen molar-refractivity contribution in [2.24, 2.45) is 0 Å². The molecule has 0 radical (unpaired) electrons. The van der Waals surface area contributed by atoms with Gasteiger partial charge in [0.2, 0.25) is 0 Å². The molecule has 1 saturated heterocycles. The lowest BCUT2D eigenvalue weighted by Gasteiger charge is -2.33. The van der Waals surface area contributed by atoms with E-state index in [1.165, 1.54) is 4.90 Å². The predicted octanol–water partition coefficient (Wildman–Crippen LogP) is 2.66. The highest BCUT2D eigenvalue weighted by atomic mass is 16.7. The summed E-state index contributed by atoms with van der Waals surface area (Å²) in [5.74, 6) is 0.339. The van der Waals surface area contributed by atoms with Crippen molar-refractivity contribution in [2.45, 2.75) is 65.2 Å². The van der Waals surface area contributed by atoms with E-state index in [9.17, 15) is 9.90 Å². The quantitative estimate of drug-likeness (QED) is 0.848. The molecule has 0 aromatic carbocycles. The molecule has 0 atom stereocenters. The first-order chi connectivity index (χ1) is 10.4. The number of carboxylic acid groups (broad SMARTS) is 1. The van der Waals surface area contributed by atoms with Crippen LogP contribution in [0.5, 0.6) is 0 Å². The molecule has 1 aromatic rings. The summed E-state index contributed by atoms with van der Waals surface area (Å²) in [6.07, 6.45) is 0.514. The summed E-state index contributed by atoms with van der Waals surface area (Å²) in [5, 5.41) is 9.64. The van der Waals surface area contributed by atoms with Crippen LogP contribution in [-0.2, 0) is 9.31 Å². The summed E-state index contributed by atoms with van der Waals surface area (Å²) in [4.78, 5) is 17.3. The zero-order chi connectivity index (χ0) is 17.6. The van der Waals surface area contributed by atoms with Gasteiger partial charge in [0.25, 0.3) is 0 Å². The smallest absolute Gasteiger partial charge is 0.465 e. The third kappa shape index (κ3) is 3.21. The monoisotopic (exact) mass is 320 g/mol. The van der Waals surface area contributed by atoms with Crippen molar-refractivity contribution in [3.63, 3.8) is 0 Å². The van der Waals surface area contributed by atoms with Gasteiger partial charge >= 0.3 is 13.2 Å². The minimum Gasteiger partial charge on any atom is -0.465 e. The Bertz CT molecular complexity index is 594. The fourth-order valence-corrected chi connectivity index (χ4v) is 2.45. The first kappa shape index (κ1) is 17.8. The van der Waals surface area contributed by atoms with Gasteiger partial charge in [0.15, 0.2) is 0 Å². The molecule has 0 bridgehead atoms. The van der Waals surface area contributed by atoms with Crippen LogP contribution in [0.3, 0.4) is 0 Å². The van der Waals surface area contributed by atoms with Crippen molar-refractivity contribution in [2.75, 3.05) is 4.90 Å². The van der Waals surface area contributed by atoms with E-state index in [0.29, 0.717) is 11.3 Å². The number of hydrogen-bond acceptors (Lipinski definition) is 4. The van der Waals surface area contributed by atoms with Crippen LogP contribution in [0.2, 0.25) is 0 Å². The normalized spacial score (nSPS) is 19.7. The average Bonchev–Trinajstić information content (AvgIpc) is 2.56. The summed E-state index contributed by atoms with van der Waals surface area (Å²) < 4.78 is 12.1. The van der Waals surface area contributed by atoms with Crippen LogP contribution in [0.1, 0.15) is 48.5 Å². The second-order valence-electron chi connectivity index (χ2n) is 7.79. The molecule has 23 heavy (non-hydrogen) atoms. The van der Waals surface area contributed by atoms with E-state index in [0.717, 1.165) is 0 Å². The lowest BCUT2D eigenvalue weighted by atomic mass is 9.78. The highest BCUT2D eigenvalue weighted by Crippen LogP contribution is 2.37. The molecule has 126 valence electrons. The Labute approximate surface area is 137 Å². The van der Waals surface area contributed by atoms with Crippen LogP contribution in [0.25, 0.3) is 0 Å². The third-order valence-corrected chi connectivity index (χ3v) is 4.40. The van der Waals surface area contributed by atoms with Crippen LogP contribution in [-0.4, -0.2) is 40.0 Å². The summed E-state index contributed by atoms with van der Waals surface area (Å²) in [6.45, 7) is 13.3. The zero-order valence-electron chi connectivity index (χ0n) is 14.9.